The fourth-order valence-electron chi connectivity index (χ4n) is 3.89. The van der Waals surface area contributed by atoms with Gasteiger partial charge in [0.25, 0.3) is 0 Å². The Morgan fingerprint density at radius 2 is 2.27 bits per heavy atom. The number of rotatable bonds is 8. The van der Waals surface area contributed by atoms with E-state index in [1.54, 1.807) is 6.92 Å². The van der Waals surface area contributed by atoms with E-state index in [0.717, 1.165) is 18.0 Å². The number of nitrogens with zero attached hydrogens (tertiary/aromatic N) is 3. The van der Waals surface area contributed by atoms with Gasteiger partial charge in [-0.25, -0.2) is 4.98 Å². The summed E-state index contributed by atoms with van der Waals surface area (Å²) in [5.41, 5.74) is 8.68. The van der Waals surface area contributed by atoms with E-state index in [4.69, 9.17) is 4.74 Å². The van der Waals surface area contributed by atoms with Gasteiger partial charge in [0.15, 0.2) is 0 Å². The number of carbonyl (C=O) groups is 1. The maximum atomic E-state index is 11.6. The van der Waals surface area contributed by atoms with Crippen LogP contribution in [0, 0.1) is 19.8 Å². The fraction of sp³-hybridized carbons (Fsp3) is 0.522. The molecule has 7 heteroatoms. The van der Waals surface area contributed by atoms with Crippen molar-refractivity contribution in [3.8, 4) is 0 Å². The predicted molar refractivity (Wildman–Crippen MR) is 123 cm³/mol. The monoisotopic (exact) mass is 428 g/mol. The Labute approximate surface area is 183 Å². The van der Waals surface area contributed by atoms with Crippen molar-refractivity contribution >= 4 is 28.7 Å². The van der Waals surface area contributed by atoms with Crippen LogP contribution in [0.3, 0.4) is 0 Å². The van der Waals surface area contributed by atoms with E-state index in [1.165, 1.54) is 54.0 Å². The number of anilines is 1. The van der Waals surface area contributed by atoms with Gasteiger partial charge in [-0.2, -0.15) is 5.10 Å². The molecule has 1 aromatic carbocycles. The van der Waals surface area contributed by atoms with Gasteiger partial charge < -0.3 is 4.74 Å². The zero-order chi connectivity index (χ0) is 21.5. The second-order valence-corrected chi connectivity index (χ2v) is 8.97. The lowest BCUT2D eigenvalue weighted by Crippen LogP contribution is -2.34. The van der Waals surface area contributed by atoms with Crippen LogP contribution < -0.4 is 5.43 Å². The van der Waals surface area contributed by atoms with Gasteiger partial charge in [0.1, 0.15) is 0 Å². The average Bonchev–Trinajstić information content (AvgIpc) is 3.12. The van der Waals surface area contributed by atoms with E-state index < -0.39 is 0 Å². The molecule has 1 aliphatic rings. The van der Waals surface area contributed by atoms with Crippen LogP contribution in [0.15, 0.2) is 22.6 Å². The van der Waals surface area contributed by atoms with E-state index in [2.05, 4.69) is 53.3 Å². The summed E-state index contributed by atoms with van der Waals surface area (Å²) in [5, 5.41) is 6.90. The molecule has 1 atom stereocenters. The molecular weight excluding hydrogens is 396 g/mol. The van der Waals surface area contributed by atoms with Crippen LogP contribution in [0.1, 0.15) is 54.6 Å². The molecule has 1 saturated heterocycles. The van der Waals surface area contributed by atoms with Gasteiger partial charge in [-0.15, -0.1) is 11.3 Å². The Kier molecular flexibility index (Phi) is 7.99. The first-order valence-corrected chi connectivity index (χ1v) is 11.5. The third-order valence-electron chi connectivity index (χ3n) is 5.38. The summed E-state index contributed by atoms with van der Waals surface area (Å²) < 4.78 is 4.96. The summed E-state index contributed by atoms with van der Waals surface area (Å²) in [4.78, 5) is 18.5. The average molecular weight is 429 g/mol. The number of aryl methyl sites for hydroxylation is 1. The maximum Gasteiger partial charge on any atom is 0.311 e. The van der Waals surface area contributed by atoms with Crippen LogP contribution in [0.5, 0.6) is 0 Å². The molecule has 0 aliphatic carbocycles. The minimum atomic E-state index is -0.260. The number of hydrogen-bond acceptors (Lipinski definition) is 7. The topological polar surface area (TPSA) is 66.8 Å². The molecule has 1 unspecified atom stereocenters. The second kappa shape index (κ2) is 10.7. The molecule has 3 rings (SSSR count). The predicted octanol–water partition coefficient (Wildman–Crippen LogP) is 4.54. The van der Waals surface area contributed by atoms with E-state index in [0.29, 0.717) is 17.4 Å². The zero-order valence-corrected chi connectivity index (χ0v) is 19.2. The van der Waals surface area contributed by atoms with E-state index >= 15 is 0 Å². The van der Waals surface area contributed by atoms with Crippen molar-refractivity contribution in [2.75, 3.05) is 25.1 Å². The lowest BCUT2D eigenvalue weighted by molar-refractivity contribution is -0.142. The van der Waals surface area contributed by atoms with Crippen LogP contribution in [0.25, 0.3) is 0 Å². The highest BCUT2D eigenvalue weighted by molar-refractivity contribution is 7.13. The number of likely N-dealkylation sites (tertiary alicyclic amines) is 1. The quantitative estimate of drug-likeness (QED) is 0.380. The molecule has 0 amide bonds. The van der Waals surface area contributed by atoms with E-state index in [-0.39, 0.29) is 12.4 Å². The number of aromatic nitrogens is 1. The van der Waals surface area contributed by atoms with Gasteiger partial charge in [0, 0.05) is 18.5 Å². The summed E-state index contributed by atoms with van der Waals surface area (Å²) in [6, 6.07) is 4.46. The molecule has 0 spiro atoms. The number of nitrogens with one attached hydrogen (secondary N) is 1. The van der Waals surface area contributed by atoms with Gasteiger partial charge in [-0.3, -0.25) is 15.1 Å². The number of benzene rings is 1. The summed E-state index contributed by atoms with van der Waals surface area (Å²) in [7, 11) is 0. The van der Waals surface area contributed by atoms with Crippen LogP contribution >= 0.6 is 11.3 Å². The Bertz CT molecular complexity index is 893. The van der Waals surface area contributed by atoms with Crippen molar-refractivity contribution in [1.82, 2.24) is 9.88 Å². The molecule has 2 heterocycles. The van der Waals surface area contributed by atoms with Crippen molar-refractivity contribution < 1.29 is 9.53 Å². The summed E-state index contributed by atoms with van der Waals surface area (Å²) in [6.07, 6.45) is 4.67. The molecule has 162 valence electrons. The van der Waals surface area contributed by atoms with Gasteiger partial charge in [0.05, 0.1) is 24.9 Å². The smallest absolute Gasteiger partial charge is 0.311 e. The molecule has 30 heavy (non-hydrogen) atoms. The second-order valence-electron chi connectivity index (χ2n) is 8.12. The number of carbonyl (C=O) groups excluding carboxylic acids is 1. The minimum Gasteiger partial charge on any atom is -0.466 e. The largest absolute Gasteiger partial charge is 0.466 e. The highest BCUT2D eigenvalue weighted by atomic mass is 32.1. The minimum absolute atomic E-state index is 0.186. The van der Waals surface area contributed by atoms with Gasteiger partial charge in [0.2, 0.25) is 5.13 Å². The third-order valence-corrected chi connectivity index (χ3v) is 6.18. The molecule has 6 nitrogen and oxygen atoms in total. The van der Waals surface area contributed by atoms with Crippen LogP contribution in [0.2, 0.25) is 0 Å². The molecule has 1 N–H and O–H groups in total. The lowest BCUT2D eigenvalue weighted by Gasteiger charge is -2.31. The lowest BCUT2D eigenvalue weighted by atomic mass is 9.96. The van der Waals surface area contributed by atoms with Crippen molar-refractivity contribution in [3.63, 3.8) is 0 Å². The van der Waals surface area contributed by atoms with Crippen molar-refractivity contribution in [1.29, 1.82) is 0 Å². The normalized spacial score (nSPS) is 17.4. The third kappa shape index (κ3) is 6.37. The van der Waals surface area contributed by atoms with Gasteiger partial charge >= 0.3 is 5.97 Å². The molecule has 0 radical (unpaired) electrons. The number of piperidine rings is 1. The van der Waals surface area contributed by atoms with Crippen LogP contribution in [0.4, 0.5) is 5.13 Å². The molecule has 0 saturated carbocycles. The first kappa shape index (κ1) is 22.4. The summed E-state index contributed by atoms with van der Waals surface area (Å²) in [5.74, 6) is 0.518. The highest BCUT2D eigenvalue weighted by Crippen LogP contribution is 2.22. The number of hydrogen-bond donors (Lipinski definition) is 1. The summed E-state index contributed by atoms with van der Waals surface area (Å²) >= 11 is 1.43. The molecule has 0 bridgehead atoms. The Hall–Kier alpha value is -2.25. The molecule has 1 fully saturated rings. The van der Waals surface area contributed by atoms with Crippen molar-refractivity contribution in [3.05, 3.63) is 45.5 Å². The maximum absolute atomic E-state index is 11.6. The number of thiazole rings is 1. The fourth-order valence-corrected chi connectivity index (χ4v) is 4.55. The van der Waals surface area contributed by atoms with Gasteiger partial charge in [-0.05, 0) is 62.8 Å². The summed E-state index contributed by atoms with van der Waals surface area (Å²) in [6.45, 7) is 12.2. The van der Waals surface area contributed by atoms with Crippen molar-refractivity contribution in [2.45, 2.75) is 53.5 Å². The van der Waals surface area contributed by atoms with E-state index in [9.17, 15) is 4.79 Å². The van der Waals surface area contributed by atoms with Crippen molar-refractivity contribution in [2.24, 2.45) is 11.0 Å². The molecule has 2 aromatic rings. The SMILES string of the molecule is CCOC(=O)Cc1csc(NN=Cc2cc(C)cc(CN3CCCC(C)C3)c2C)n1. The molecule has 1 aromatic heterocycles. The Balaban J connectivity index is 1.63. The zero-order valence-electron chi connectivity index (χ0n) is 18.4. The first-order valence-electron chi connectivity index (χ1n) is 10.7. The molecule has 1 aliphatic heterocycles. The highest BCUT2D eigenvalue weighted by Gasteiger charge is 2.17. The van der Waals surface area contributed by atoms with Crippen LogP contribution in [-0.4, -0.2) is 41.8 Å². The van der Waals surface area contributed by atoms with E-state index in [1.807, 2.05) is 11.6 Å². The Morgan fingerprint density at radius 3 is 3.03 bits per heavy atom. The van der Waals surface area contributed by atoms with Gasteiger partial charge in [-0.1, -0.05) is 24.6 Å². The first-order chi connectivity index (χ1) is 14.4. The molecular formula is C23H32N4O2S. The Morgan fingerprint density at radius 1 is 1.43 bits per heavy atom. The number of hydrazone groups is 1. The van der Waals surface area contributed by atoms with Crippen LogP contribution in [-0.2, 0) is 22.5 Å². The number of esters is 1. The number of ether oxygens (including phenoxy) is 1. The standard InChI is InChI=1S/C23H32N4O2S/c1-5-29-22(28)11-21-15-30-23(25-21)26-24-12-19-9-17(3)10-20(18(19)4)14-27-8-6-7-16(2)13-27/h9-10,12,15-16H,5-8,11,13-14H2,1-4H3,(H,25,26).